The predicted molar refractivity (Wildman–Crippen MR) is 102 cm³/mol. The molecule has 0 unspecified atom stereocenters. The molecule has 2 fully saturated rings. The fraction of sp³-hybridized carbons (Fsp3) is 0.450. The van der Waals surface area contributed by atoms with E-state index in [1.807, 2.05) is 12.1 Å². The van der Waals surface area contributed by atoms with Crippen molar-refractivity contribution in [3.63, 3.8) is 0 Å². The standard InChI is InChI=1S/C20H24FN3O.ClH/c1-23-10-15-11-24(13-19-18(21)4-3-9-22-19)12-17(15)20(23)14-5-7-16(25-2)8-6-14;/h3-9,15,17,20H,10-13H2,1-2H3;1H/t15-,17+,20+;/m0./s1. The Bertz CT molecular complexity index is 742. The van der Waals surface area contributed by atoms with E-state index in [1.54, 1.807) is 19.4 Å². The van der Waals surface area contributed by atoms with Gasteiger partial charge in [-0.05, 0) is 48.7 Å². The Morgan fingerprint density at radius 2 is 1.92 bits per heavy atom. The molecule has 0 spiro atoms. The van der Waals surface area contributed by atoms with Crippen LogP contribution in [0.3, 0.4) is 0 Å². The van der Waals surface area contributed by atoms with E-state index in [1.165, 1.54) is 11.6 Å². The summed E-state index contributed by atoms with van der Waals surface area (Å²) in [7, 11) is 3.90. The van der Waals surface area contributed by atoms with Crippen molar-refractivity contribution in [1.82, 2.24) is 14.8 Å². The van der Waals surface area contributed by atoms with E-state index in [9.17, 15) is 4.39 Å². The van der Waals surface area contributed by atoms with Gasteiger partial charge in [-0.15, -0.1) is 12.4 Å². The number of likely N-dealkylation sites (tertiary alicyclic amines) is 2. The fourth-order valence-electron chi connectivity index (χ4n) is 4.53. The number of pyridine rings is 1. The summed E-state index contributed by atoms with van der Waals surface area (Å²) in [5.41, 5.74) is 1.89. The van der Waals surface area contributed by atoms with Crippen LogP contribution in [0, 0.1) is 17.7 Å². The molecule has 0 amide bonds. The lowest BCUT2D eigenvalue weighted by molar-refractivity contribution is 0.221. The Hall–Kier alpha value is -1.69. The van der Waals surface area contributed by atoms with Crippen molar-refractivity contribution in [2.75, 3.05) is 33.8 Å². The predicted octanol–water partition coefficient (Wildman–Crippen LogP) is 3.39. The number of aromatic nitrogens is 1. The van der Waals surface area contributed by atoms with Crippen LogP contribution in [0.2, 0.25) is 0 Å². The summed E-state index contributed by atoms with van der Waals surface area (Å²) >= 11 is 0. The molecule has 2 saturated heterocycles. The summed E-state index contributed by atoms with van der Waals surface area (Å²) < 4.78 is 19.2. The largest absolute Gasteiger partial charge is 0.497 e. The van der Waals surface area contributed by atoms with Gasteiger partial charge < -0.3 is 4.74 Å². The van der Waals surface area contributed by atoms with Gasteiger partial charge in [0.25, 0.3) is 0 Å². The van der Waals surface area contributed by atoms with Crippen LogP contribution in [-0.2, 0) is 6.54 Å². The molecule has 2 aliphatic rings. The molecular weight excluding hydrogens is 353 g/mol. The van der Waals surface area contributed by atoms with Gasteiger partial charge in [0, 0.05) is 38.4 Å². The van der Waals surface area contributed by atoms with Gasteiger partial charge in [0.15, 0.2) is 0 Å². The zero-order chi connectivity index (χ0) is 17.4. The lowest BCUT2D eigenvalue weighted by Gasteiger charge is -2.27. The zero-order valence-electron chi connectivity index (χ0n) is 15.1. The number of halogens is 2. The van der Waals surface area contributed by atoms with Crippen LogP contribution in [0.4, 0.5) is 4.39 Å². The van der Waals surface area contributed by atoms with E-state index >= 15 is 0 Å². The van der Waals surface area contributed by atoms with Crippen molar-refractivity contribution < 1.29 is 9.13 Å². The third-order valence-corrected chi connectivity index (χ3v) is 5.64. The summed E-state index contributed by atoms with van der Waals surface area (Å²) in [6, 6.07) is 12.0. The number of ether oxygens (including phenoxy) is 1. The molecule has 3 atom stereocenters. The van der Waals surface area contributed by atoms with Gasteiger partial charge >= 0.3 is 0 Å². The second-order valence-electron chi connectivity index (χ2n) is 7.21. The smallest absolute Gasteiger partial charge is 0.146 e. The molecule has 4 nitrogen and oxygen atoms in total. The van der Waals surface area contributed by atoms with E-state index in [2.05, 4.69) is 34.0 Å². The summed E-state index contributed by atoms with van der Waals surface area (Å²) in [4.78, 5) is 9.01. The van der Waals surface area contributed by atoms with E-state index in [-0.39, 0.29) is 18.2 Å². The van der Waals surface area contributed by atoms with Crippen LogP contribution in [-0.4, -0.2) is 48.6 Å². The SMILES string of the molecule is COc1ccc([C@@H]2[C@@H]3CN(Cc4ncccc4F)C[C@@H]3CN2C)cc1.Cl. The van der Waals surface area contributed by atoms with Crippen molar-refractivity contribution >= 4 is 12.4 Å². The highest BCUT2D eigenvalue weighted by Gasteiger charge is 2.46. The van der Waals surface area contributed by atoms with Crippen LogP contribution in [0.15, 0.2) is 42.6 Å². The van der Waals surface area contributed by atoms with Gasteiger partial charge in [-0.25, -0.2) is 4.39 Å². The molecule has 0 bridgehead atoms. The number of hydrogen-bond donors (Lipinski definition) is 0. The molecular formula is C20H25ClFN3O. The number of hydrogen-bond acceptors (Lipinski definition) is 4. The van der Waals surface area contributed by atoms with Crippen molar-refractivity contribution in [3.05, 3.63) is 59.7 Å². The van der Waals surface area contributed by atoms with Gasteiger partial charge in [0.05, 0.1) is 12.8 Å². The Kier molecular flexibility index (Phi) is 5.80. The van der Waals surface area contributed by atoms with Crippen molar-refractivity contribution in [2.45, 2.75) is 12.6 Å². The molecule has 2 aliphatic heterocycles. The monoisotopic (exact) mass is 377 g/mol. The third kappa shape index (κ3) is 3.56. The second-order valence-corrected chi connectivity index (χ2v) is 7.21. The van der Waals surface area contributed by atoms with Gasteiger partial charge in [-0.1, -0.05) is 12.1 Å². The van der Waals surface area contributed by atoms with Crippen LogP contribution in [0.5, 0.6) is 5.75 Å². The number of benzene rings is 1. The first-order valence-electron chi connectivity index (χ1n) is 8.81. The Morgan fingerprint density at radius 3 is 2.62 bits per heavy atom. The molecule has 2 aromatic rings. The average Bonchev–Trinajstić information content (AvgIpc) is 3.13. The van der Waals surface area contributed by atoms with E-state index in [0.29, 0.717) is 30.1 Å². The maximum atomic E-state index is 13.9. The fourth-order valence-corrected chi connectivity index (χ4v) is 4.53. The first kappa shape index (κ1) is 19.1. The number of nitrogens with zero attached hydrogens (tertiary/aromatic N) is 3. The summed E-state index contributed by atoms with van der Waals surface area (Å²) in [6.45, 7) is 3.68. The average molecular weight is 378 g/mol. The van der Waals surface area contributed by atoms with Crippen LogP contribution >= 0.6 is 12.4 Å². The highest BCUT2D eigenvalue weighted by molar-refractivity contribution is 5.85. The lowest BCUT2D eigenvalue weighted by atomic mass is 9.89. The minimum atomic E-state index is -0.205. The lowest BCUT2D eigenvalue weighted by Crippen LogP contribution is -2.29. The number of methoxy groups -OCH3 is 1. The van der Waals surface area contributed by atoms with E-state index in [0.717, 1.165) is 25.4 Å². The van der Waals surface area contributed by atoms with Gasteiger partial charge in [-0.2, -0.15) is 0 Å². The molecule has 0 N–H and O–H groups in total. The first-order valence-corrected chi connectivity index (χ1v) is 8.81. The topological polar surface area (TPSA) is 28.6 Å². The minimum Gasteiger partial charge on any atom is -0.497 e. The first-order chi connectivity index (χ1) is 12.2. The summed E-state index contributed by atoms with van der Waals surface area (Å²) in [5.74, 6) is 1.89. The molecule has 3 heterocycles. The summed E-state index contributed by atoms with van der Waals surface area (Å²) in [5, 5.41) is 0. The number of rotatable bonds is 4. The molecule has 26 heavy (non-hydrogen) atoms. The molecule has 140 valence electrons. The molecule has 0 aliphatic carbocycles. The summed E-state index contributed by atoms with van der Waals surface area (Å²) in [6.07, 6.45) is 1.67. The Balaban J connectivity index is 0.00000196. The van der Waals surface area contributed by atoms with E-state index in [4.69, 9.17) is 4.74 Å². The quantitative estimate of drug-likeness (QED) is 0.816. The molecule has 1 aromatic heterocycles. The normalized spacial score (nSPS) is 25.7. The Morgan fingerprint density at radius 1 is 1.15 bits per heavy atom. The maximum absolute atomic E-state index is 13.9. The van der Waals surface area contributed by atoms with Crippen LogP contribution in [0.1, 0.15) is 17.3 Å². The van der Waals surface area contributed by atoms with Crippen LogP contribution < -0.4 is 4.74 Å². The minimum absolute atomic E-state index is 0. The maximum Gasteiger partial charge on any atom is 0.146 e. The Labute approximate surface area is 160 Å². The number of fused-ring (bicyclic) bond motifs is 1. The van der Waals surface area contributed by atoms with Crippen LogP contribution in [0.25, 0.3) is 0 Å². The van der Waals surface area contributed by atoms with Gasteiger partial charge in [0.2, 0.25) is 0 Å². The zero-order valence-corrected chi connectivity index (χ0v) is 16.0. The molecule has 6 heteroatoms. The van der Waals surface area contributed by atoms with Gasteiger partial charge in [0.1, 0.15) is 11.6 Å². The van der Waals surface area contributed by atoms with Crippen molar-refractivity contribution in [2.24, 2.45) is 11.8 Å². The molecule has 0 radical (unpaired) electrons. The third-order valence-electron chi connectivity index (χ3n) is 5.64. The van der Waals surface area contributed by atoms with Crippen molar-refractivity contribution in [3.8, 4) is 5.75 Å². The van der Waals surface area contributed by atoms with Gasteiger partial charge in [-0.3, -0.25) is 14.8 Å². The van der Waals surface area contributed by atoms with Crippen molar-refractivity contribution in [1.29, 1.82) is 0 Å². The highest BCUT2D eigenvalue weighted by atomic mass is 35.5. The second kappa shape index (κ2) is 7.91. The highest BCUT2D eigenvalue weighted by Crippen LogP contribution is 2.44. The molecule has 4 rings (SSSR count). The molecule has 0 saturated carbocycles. The van der Waals surface area contributed by atoms with E-state index < -0.39 is 0 Å². The molecule has 1 aromatic carbocycles.